The molecule has 1 heterocycles. The van der Waals surface area contributed by atoms with Crippen LogP contribution in [0.15, 0.2) is 18.5 Å². The summed E-state index contributed by atoms with van der Waals surface area (Å²) in [6, 6.07) is 0. The molecule has 0 aliphatic heterocycles. The van der Waals surface area contributed by atoms with Crippen LogP contribution >= 0.6 is 0 Å². The van der Waals surface area contributed by atoms with E-state index in [9.17, 15) is 9.90 Å². The SMILES string of the molecule is Cn1cc(C=CC(=O)NCC2CCCC2O)cn1. The monoisotopic (exact) mass is 249 g/mol. The van der Waals surface area contributed by atoms with Crippen molar-refractivity contribution in [2.45, 2.75) is 25.4 Å². The summed E-state index contributed by atoms with van der Waals surface area (Å²) >= 11 is 0. The van der Waals surface area contributed by atoms with E-state index in [1.54, 1.807) is 17.0 Å². The number of amides is 1. The van der Waals surface area contributed by atoms with E-state index in [1.807, 2.05) is 13.2 Å². The Morgan fingerprint density at radius 3 is 3.11 bits per heavy atom. The molecular weight excluding hydrogens is 230 g/mol. The van der Waals surface area contributed by atoms with E-state index in [0.29, 0.717) is 6.54 Å². The first-order chi connectivity index (χ1) is 8.65. The third kappa shape index (κ3) is 3.43. The zero-order valence-electron chi connectivity index (χ0n) is 10.5. The molecule has 1 saturated carbocycles. The second-order valence-electron chi connectivity index (χ2n) is 4.78. The maximum absolute atomic E-state index is 11.6. The van der Waals surface area contributed by atoms with Gasteiger partial charge in [0.15, 0.2) is 0 Å². The number of aryl methyl sites for hydroxylation is 1. The Bertz CT molecular complexity index is 439. The molecule has 2 unspecified atom stereocenters. The highest BCUT2D eigenvalue weighted by molar-refractivity contribution is 5.91. The van der Waals surface area contributed by atoms with E-state index in [4.69, 9.17) is 0 Å². The fourth-order valence-electron chi connectivity index (χ4n) is 2.24. The molecule has 98 valence electrons. The number of nitrogens with zero attached hydrogens (tertiary/aromatic N) is 2. The molecule has 1 fully saturated rings. The normalized spacial score (nSPS) is 23.7. The molecule has 5 heteroatoms. The van der Waals surface area contributed by atoms with Gasteiger partial charge in [0.25, 0.3) is 0 Å². The molecule has 0 saturated heterocycles. The third-order valence-electron chi connectivity index (χ3n) is 3.31. The van der Waals surface area contributed by atoms with Crippen LogP contribution in [0.1, 0.15) is 24.8 Å². The number of aromatic nitrogens is 2. The highest BCUT2D eigenvalue weighted by Gasteiger charge is 2.24. The van der Waals surface area contributed by atoms with E-state index in [1.165, 1.54) is 6.08 Å². The van der Waals surface area contributed by atoms with Crippen LogP contribution in [0.5, 0.6) is 0 Å². The van der Waals surface area contributed by atoms with Crippen LogP contribution in [0, 0.1) is 5.92 Å². The summed E-state index contributed by atoms with van der Waals surface area (Å²) in [6.45, 7) is 0.553. The van der Waals surface area contributed by atoms with Gasteiger partial charge in [-0.05, 0) is 18.9 Å². The summed E-state index contributed by atoms with van der Waals surface area (Å²) < 4.78 is 1.69. The number of nitrogens with one attached hydrogen (secondary N) is 1. The second kappa shape index (κ2) is 5.82. The first kappa shape index (κ1) is 12.8. The minimum absolute atomic E-state index is 0.127. The van der Waals surface area contributed by atoms with Crippen LogP contribution in [0.3, 0.4) is 0 Å². The predicted octanol–water partition coefficient (Wildman–Crippen LogP) is 0.710. The van der Waals surface area contributed by atoms with E-state index >= 15 is 0 Å². The molecule has 18 heavy (non-hydrogen) atoms. The van der Waals surface area contributed by atoms with Crippen molar-refractivity contribution in [3.05, 3.63) is 24.0 Å². The summed E-state index contributed by atoms with van der Waals surface area (Å²) in [6.07, 6.45) is 9.40. The number of aliphatic hydroxyl groups excluding tert-OH is 1. The van der Waals surface area contributed by atoms with Crippen LogP contribution < -0.4 is 5.32 Å². The smallest absolute Gasteiger partial charge is 0.244 e. The number of hydrogen-bond acceptors (Lipinski definition) is 3. The van der Waals surface area contributed by atoms with Crippen molar-refractivity contribution in [2.24, 2.45) is 13.0 Å². The van der Waals surface area contributed by atoms with Crippen molar-refractivity contribution < 1.29 is 9.90 Å². The minimum Gasteiger partial charge on any atom is -0.393 e. The molecular formula is C13H19N3O2. The van der Waals surface area contributed by atoms with Gasteiger partial charge in [0, 0.05) is 37.3 Å². The molecule has 2 N–H and O–H groups in total. The summed E-state index contributed by atoms with van der Waals surface area (Å²) in [7, 11) is 1.83. The molecule has 1 aliphatic carbocycles. The lowest BCUT2D eigenvalue weighted by Gasteiger charge is -2.13. The molecule has 0 aromatic carbocycles. The van der Waals surface area contributed by atoms with Crippen molar-refractivity contribution in [2.75, 3.05) is 6.54 Å². The van der Waals surface area contributed by atoms with Crippen molar-refractivity contribution in [1.82, 2.24) is 15.1 Å². The predicted molar refractivity (Wildman–Crippen MR) is 68.6 cm³/mol. The number of hydrogen-bond donors (Lipinski definition) is 2. The van der Waals surface area contributed by atoms with Crippen LogP contribution in [-0.2, 0) is 11.8 Å². The van der Waals surface area contributed by atoms with Crippen molar-refractivity contribution in [1.29, 1.82) is 0 Å². The molecule has 0 spiro atoms. The first-order valence-corrected chi connectivity index (χ1v) is 6.28. The first-order valence-electron chi connectivity index (χ1n) is 6.28. The van der Waals surface area contributed by atoms with Gasteiger partial charge in [-0.1, -0.05) is 6.42 Å². The van der Waals surface area contributed by atoms with Gasteiger partial charge in [0.2, 0.25) is 5.91 Å². The minimum atomic E-state index is -0.257. The molecule has 1 aromatic heterocycles. The summed E-state index contributed by atoms with van der Waals surface area (Å²) in [4.78, 5) is 11.6. The van der Waals surface area contributed by atoms with Gasteiger partial charge < -0.3 is 10.4 Å². The maximum atomic E-state index is 11.6. The lowest BCUT2D eigenvalue weighted by molar-refractivity contribution is -0.116. The fraction of sp³-hybridized carbons (Fsp3) is 0.538. The molecule has 1 aromatic rings. The number of carbonyl (C=O) groups excluding carboxylic acids is 1. The zero-order chi connectivity index (χ0) is 13.0. The number of aliphatic hydroxyl groups is 1. The quantitative estimate of drug-likeness (QED) is 0.772. The van der Waals surface area contributed by atoms with E-state index < -0.39 is 0 Å². The molecule has 0 bridgehead atoms. The Labute approximate surface area is 106 Å². The van der Waals surface area contributed by atoms with Crippen molar-refractivity contribution >= 4 is 12.0 Å². The largest absolute Gasteiger partial charge is 0.393 e. The van der Waals surface area contributed by atoms with Gasteiger partial charge in [-0.3, -0.25) is 9.48 Å². The number of carbonyl (C=O) groups is 1. The summed E-state index contributed by atoms with van der Waals surface area (Å²) in [5.74, 6) is 0.0821. The third-order valence-corrected chi connectivity index (χ3v) is 3.31. The van der Waals surface area contributed by atoms with Crippen molar-refractivity contribution in [3.8, 4) is 0 Å². The second-order valence-corrected chi connectivity index (χ2v) is 4.78. The van der Waals surface area contributed by atoms with Gasteiger partial charge in [0.1, 0.15) is 0 Å². The molecule has 5 nitrogen and oxygen atoms in total. The molecule has 1 amide bonds. The van der Waals surface area contributed by atoms with Gasteiger partial charge in [-0.25, -0.2) is 0 Å². The number of rotatable bonds is 4. The average molecular weight is 249 g/mol. The van der Waals surface area contributed by atoms with Gasteiger partial charge in [-0.15, -0.1) is 0 Å². The van der Waals surface area contributed by atoms with E-state index in [2.05, 4.69) is 10.4 Å². The standard InChI is InChI=1S/C13H19N3O2/c1-16-9-10(7-15-16)5-6-13(18)14-8-11-3-2-4-12(11)17/h5-7,9,11-12,17H,2-4,8H2,1H3,(H,14,18). The van der Waals surface area contributed by atoms with Gasteiger partial charge in [-0.2, -0.15) is 5.10 Å². The molecule has 1 aliphatic rings. The Morgan fingerprint density at radius 2 is 2.50 bits per heavy atom. The maximum Gasteiger partial charge on any atom is 0.244 e. The van der Waals surface area contributed by atoms with Crippen LogP contribution in [0.4, 0.5) is 0 Å². The molecule has 2 atom stereocenters. The average Bonchev–Trinajstić information content (AvgIpc) is 2.93. The highest BCUT2D eigenvalue weighted by atomic mass is 16.3. The summed E-state index contributed by atoms with van der Waals surface area (Å²) in [5, 5.41) is 16.5. The molecule has 2 rings (SSSR count). The Kier molecular flexibility index (Phi) is 4.15. The zero-order valence-corrected chi connectivity index (χ0v) is 10.5. The lowest BCUT2D eigenvalue weighted by Crippen LogP contribution is -2.31. The Morgan fingerprint density at radius 1 is 1.67 bits per heavy atom. The Hall–Kier alpha value is -1.62. The van der Waals surface area contributed by atoms with Crippen LogP contribution in [0.25, 0.3) is 6.08 Å². The fourth-order valence-corrected chi connectivity index (χ4v) is 2.24. The van der Waals surface area contributed by atoms with Crippen molar-refractivity contribution in [3.63, 3.8) is 0 Å². The van der Waals surface area contributed by atoms with Gasteiger partial charge >= 0.3 is 0 Å². The van der Waals surface area contributed by atoms with E-state index in [-0.39, 0.29) is 17.9 Å². The topological polar surface area (TPSA) is 67.2 Å². The van der Waals surface area contributed by atoms with E-state index in [0.717, 1.165) is 24.8 Å². The molecule has 0 radical (unpaired) electrons. The van der Waals surface area contributed by atoms with Crippen LogP contribution in [0.2, 0.25) is 0 Å². The Balaban J connectivity index is 1.76. The summed E-state index contributed by atoms with van der Waals surface area (Å²) in [5.41, 5.74) is 0.897. The van der Waals surface area contributed by atoms with Gasteiger partial charge in [0.05, 0.1) is 12.3 Å². The lowest BCUT2D eigenvalue weighted by atomic mass is 10.1. The highest BCUT2D eigenvalue weighted by Crippen LogP contribution is 2.24. The van der Waals surface area contributed by atoms with Crippen LogP contribution in [-0.4, -0.2) is 33.4 Å².